The van der Waals surface area contributed by atoms with Gasteiger partial charge in [0, 0.05) is 26.1 Å². The summed E-state index contributed by atoms with van der Waals surface area (Å²) < 4.78 is 10.4. The second-order valence-electron chi connectivity index (χ2n) is 5.04. The molecular weight excluding hydrogens is 194 g/mol. The zero-order chi connectivity index (χ0) is 11.5. The Morgan fingerprint density at radius 2 is 2.13 bits per heavy atom. The van der Waals surface area contributed by atoms with Gasteiger partial charge in [0.25, 0.3) is 0 Å². The van der Waals surface area contributed by atoms with Crippen molar-refractivity contribution in [3.63, 3.8) is 0 Å². The number of hydrogen-bond acceptors (Lipinski definition) is 3. The van der Waals surface area contributed by atoms with Crippen molar-refractivity contribution in [3.05, 3.63) is 0 Å². The molecule has 0 aromatic rings. The summed E-state index contributed by atoms with van der Waals surface area (Å²) in [5.41, 5.74) is -0.406. The fourth-order valence-electron chi connectivity index (χ4n) is 1.70. The molecule has 15 heavy (non-hydrogen) atoms. The maximum absolute atomic E-state index is 11.7. The monoisotopic (exact) mass is 215 g/mol. The van der Waals surface area contributed by atoms with Gasteiger partial charge >= 0.3 is 6.09 Å². The van der Waals surface area contributed by atoms with Crippen molar-refractivity contribution < 1.29 is 14.3 Å². The number of likely N-dealkylation sites (tertiary alicyclic amines) is 1. The number of nitrogens with zero attached hydrogens (tertiary/aromatic N) is 1. The Labute approximate surface area is 91.5 Å². The Morgan fingerprint density at radius 3 is 2.67 bits per heavy atom. The third-order valence-corrected chi connectivity index (χ3v) is 2.34. The van der Waals surface area contributed by atoms with Crippen LogP contribution in [0.2, 0.25) is 0 Å². The molecule has 0 radical (unpaired) electrons. The molecule has 0 spiro atoms. The second kappa shape index (κ2) is 4.84. The van der Waals surface area contributed by atoms with Gasteiger partial charge in [-0.1, -0.05) is 0 Å². The predicted octanol–water partition coefficient (Wildman–Crippen LogP) is 1.89. The molecule has 0 N–H and O–H groups in total. The summed E-state index contributed by atoms with van der Waals surface area (Å²) in [7, 11) is 1.69. The normalized spacial score (nSPS) is 21.9. The first-order chi connectivity index (χ1) is 6.92. The Bertz CT molecular complexity index is 222. The number of methoxy groups -OCH3 is 1. The zero-order valence-electron chi connectivity index (χ0n) is 10.1. The lowest BCUT2D eigenvalue weighted by Crippen LogP contribution is -2.35. The molecule has 1 heterocycles. The first-order valence-corrected chi connectivity index (χ1v) is 5.39. The molecule has 0 aromatic heterocycles. The molecule has 1 amide bonds. The van der Waals surface area contributed by atoms with Crippen LogP contribution in [0.5, 0.6) is 0 Å². The summed E-state index contributed by atoms with van der Waals surface area (Å²) in [4.78, 5) is 13.4. The van der Waals surface area contributed by atoms with E-state index in [0.717, 1.165) is 26.1 Å². The lowest BCUT2D eigenvalue weighted by molar-refractivity contribution is 0.0280. The van der Waals surface area contributed by atoms with Gasteiger partial charge in [0.2, 0.25) is 0 Å². The van der Waals surface area contributed by atoms with E-state index in [0.29, 0.717) is 5.92 Å². The predicted molar refractivity (Wildman–Crippen MR) is 57.8 cm³/mol. The summed E-state index contributed by atoms with van der Waals surface area (Å²) in [6.07, 6.45) is 0.800. The number of hydrogen-bond donors (Lipinski definition) is 0. The van der Waals surface area contributed by atoms with Crippen molar-refractivity contribution >= 4 is 6.09 Å². The Hall–Kier alpha value is -0.770. The fraction of sp³-hybridized carbons (Fsp3) is 0.909. The van der Waals surface area contributed by atoms with Crippen LogP contribution in [-0.2, 0) is 9.47 Å². The highest BCUT2D eigenvalue weighted by molar-refractivity contribution is 5.68. The minimum Gasteiger partial charge on any atom is -0.444 e. The van der Waals surface area contributed by atoms with Gasteiger partial charge in [0.15, 0.2) is 0 Å². The van der Waals surface area contributed by atoms with Gasteiger partial charge in [-0.05, 0) is 27.2 Å². The van der Waals surface area contributed by atoms with Gasteiger partial charge in [0.05, 0.1) is 6.61 Å². The van der Waals surface area contributed by atoms with Crippen LogP contribution in [0.3, 0.4) is 0 Å². The van der Waals surface area contributed by atoms with Gasteiger partial charge in [-0.25, -0.2) is 4.79 Å². The average Bonchev–Trinajstić information content (AvgIpc) is 2.50. The Kier molecular flexibility index (Phi) is 3.97. The maximum Gasteiger partial charge on any atom is 0.410 e. The van der Waals surface area contributed by atoms with Crippen molar-refractivity contribution in [1.29, 1.82) is 0 Å². The fourth-order valence-corrected chi connectivity index (χ4v) is 1.70. The highest BCUT2D eigenvalue weighted by atomic mass is 16.6. The molecular formula is C11H21NO3. The molecule has 4 heteroatoms. The molecule has 0 aliphatic carbocycles. The lowest BCUT2D eigenvalue weighted by Gasteiger charge is -2.24. The Morgan fingerprint density at radius 1 is 1.47 bits per heavy atom. The van der Waals surface area contributed by atoms with Gasteiger partial charge in [-0.3, -0.25) is 0 Å². The largest absolute Gasteiger partial charge is 0.444 e. The molecule has 4 nitrogen and oxygen atoms in total. The number of carbonyl (C=O) groups is 1. The van der Waals surface area contributed by atoms with Crippen molar-refractivity contribution in [2.75, 3.05) is 26.8 Å². The third kappa shape index (κ3) is 4.08. The third-order valence-electron chi connectivity index (χ3n) is 2.34. The SMILES string of the molecule is COC[C@H]1CCN(C(=O)OC(C)(C)C)C1. The molecule has 1 fully saturated rings. The quantitative estimate of drug-likeness (QED) is 0.706. The van der Waals surface area contributed by atoms with Crippen LogP contribution < -0.4 is 0 Å². The molecule has 0 bridgehead atoms. The highest BCUT2D eigenvalue weighted by Crippen LogP contribution is 2.19. The van der Waals surface area contributed by atoms with Gasteiger partial charge < -0.3 is 14.4 Å². The molecule has 0 aromatic carbocycles. The summed E-state index contributed by atoms with van der Waals surface area (Å²) >= 11 is 0. The van der Waals surface area contributed by atoms with Gasteiger partial charge in [-0.2, -0.15) is 0 Å². The van der Waals surface area contributed by atoms with E-state index in [9.17, 15) is 4.79 Å². The summed E-state index contributed by atoms with van der Waals surface area (Å²) in [6, 6.07) is 0. The molecule has 1 saturated heterocycles. The Balaban J connectivity index is 2.37. The smallest absolute Gasteiger partial charge is 0.410 e. The van der Waals surface area contributed by atoms with Crippen LogP contribution >= 0.6 is 0 Å². The number of ether oxygens (including phenoxy) is 2. The summed E-state index contributed by atoms with van der Waals surface area (Å²) in [5, 5.41) is 0. The van der Waals surface area contributed by atoms with E-state index in [1.165, 1.54) is 0 Å². The number of carbonyl (C=O) groups excluding carboxylic acids is 1. The van der Waals surface area contributed by atoms with Crippen molar-refractivity contribution in [2.45, 2.75) is 32.8 Å². The summed E-state index contributed by atoms with van der Waals surface area (Å²) in [6.45, 7) is 7.90. The molecule has 1 aliphatic rings. The number of amides is 1. The minimum atomic E-state index is -0.406. The van der Waals surface area contributed by atoms with E-state index in [2.05, 4.69) is 0 Å². The van der Waals surface area contributed by atoms with E-state index in [-0.39, 0.29) is 6.09 Å². The topological polar surface area (TPSA) is 38.8 Å². The van der Waals surface area contributed by atoms with Crippen LogP contribution in [0.4, 0.5) is 4.79 Å². The molecule has 0 unspecified atom stereocenters. The molecule has 1 rings (SSSR count). The molecule has 1 aliphatic heterocycles. The summed E-state index contributed by atoms with van der Waals surface area (Å²) in [5.74, 6) is 0.461. The van der Waals surface area contributed by atoms with E-state index in [1.54, 1.807) is 12.0 Å². The van der Waals surface area contributed by atoms with Crippen molar-refractivity contribution in [3.8, 4) is 0 Å². The van der Waals surface area contributed by atoms with Crippen molar-refractivity contribution in [2.24, 2.45) is 5.92 Å². The van der Waals surface area contributed by atoms with Crippen LogP contribution in [-0.4, -0.2) is 43.4 Å². The van der Waals surface area contributed by atoms with Crippen LogP contribution in [0.1, 0.15) is 27.2 Å². The van der Waals surface area contributed by atoms with Gasteiger partial charge in [0.1, 0.15) is 5.60 Å². The van der Waals surface area contributed by atoms with E-state index in [1.807, 2.05) is 20.8 Å². The molecule has 1 atom stereocenters. The van der Waals surface area contributed by atoms with Crippen LogP contribution in [0.25, 0.3) is 0 Å². The molecule has 0 saturated carbocycles. The van der Waals surface area contributed by atoms with Crippen LogP contribution in [0.15, 0.2) is 0 Å². The second-order valence-corrected chi connectivity index (χ2v) is 5.04. The zero-order valence-corrected chi connectivity index (χ0v) is 10.1. The van der Waals surface area contributed by atoms with Crippen molar-refractivity contribution in [1.82, 2.24) is 4.90 Å². The number of rotatable bonds is 2. The average molecular weight is 215 g/mol. The standard InChI is InChI=1S/C11H21NO3/c1-11(2,3)15-10(13)12-6-5-9(7-12)8-14-4/h9H,5-8H2,1-4H3/t9-/m0/s1. The first kappa shape index (κ1) is 12.3. The van der Waals surface area contributed by atoms with E-state index < -0.39 is 5.60 Å². The lowest BCUT2D eigenvalue weighted by atomic mass is 10.1. The first-order valence-electron chi connectivity index (χ1n) is 5.39. The van der Waals surface area contributed by atoms with Gasteiger partial charge in [-0.15, -0.1) is 0 Å². The van der Waals surface area contributed by atoms with Crippen LogP contribution in [0, 0.1) is 5.92 Å². The molecule has 88 valence electrons. The maximum atomic E-state index is 11.7. The van der Waals surface area contributed by atoms with E-state index >= 15 is 0 Å². The van der Waals surface area contributed by atoms with E-state index in [4.69, 9.17) is 9.47 Å². The highest BCUT2D eigenvalue weighted by Gasteiger charge is 2.29. The minimum absolute atomic E-state index is 0.207.